The Kier molecular flexibility index (Phi) is 4.68. The van der Waals surface area contributed by atoms with E-state index in [9.17, 15) is 4.39 Å². The second-order valence-electron chi connectivity index (χ2n) is 5.46. The molecule has 1 aromatic heterocycles. The Morgan fingerprint density at radius 2 is 1.81 bits per heavy atom. The van der Waals surface area contributed by atoms with Crippen molar-refractivity contribution in [2.24, 2.45) is 5.92 Å². The van der Waals surface area contributed by atoms with Gasteiger partial charge in [-0.1, -0.05) is 0 Å². The van der Waals surface area contributed by atoms with E-state index >= 15 is 0 Å². The average Bonchev–Trinajstić information content (AvgIpc) is 2.98. The number of furan rings is 1. The number of benzene rings is 1. The SMILES string of the molecule is Fc1ccc(-c2ccc(CNCC3CCOCC3)o2)cc1. The molecule has 4 heteroatoms. The molecule has 21 heavy (non-hydrogen) atoms. The Hall–Kier alpha value is -1.65. The largest absolute Gasteiger partial charge is 0.460 e. The number of halogens is 1. The third-order valence-corrected chi connectivity index (χ3v) is 3.86. The monoisotopic (exact) mass is 289 g/mol. The van der Waals surface area contributed by atoms with Gasteiger partial charge in [0.25, 0.3) is 0 Å². The maximum atomic E-state index is 12.9. The van der Waals surface area contributed by atoms with Crippen LogP contribution in [0.3, 0.4) is 0 Å². The molecule has 2 aromatic rings. The van der Waals surface area contributed by atoms with Crippen LogP contribution in [0.1, 0.15) is 18.6 Å². The maximum Gasteiger partial charge on any atom is 0.134 e. The highest BCUT2D eigenvalue weighted by atomic mass is 19.1. The lowest BCUT2D eigenvalue weighted by molar-refractivity contribution is 0.0661. The second-order valence-corrected chi connectivity index (χ2v) is 5.46. The molecular weight excluding hydrogens is 269 g/mol. The second kappa shape index (κ2) is 6.87. The van der Waals surface area contributed by atoms with E-state index in [2.05, 4.69) is 5.32 Å². The zero-order chi connectivity index (χ0) is 14.5. The molecule has 2 heterocycles. The van der Waals surface area contributed by atoms with Gasteiger partial charge in [-0.05, 0) is 61.7 Å². The van der Waals surface area contributed by atoms with Crippen LogP contribution in [-0.4, -0.2) is 19.8 Å². The van der Waals surface area contributed by atoms with E-state index in [0.717, 1.165) is 56.2 Å². The van der Waals surface area contributed by atoms with E-state index in [-0.39, 0.29) is 5.82 Å². The number of nitrogens with one attached hydrogen (secondary N) is 1. The predicted octanol–water partition coefficient (Wildman–Crippen LogP) is 3.60. The van der Waals surface area contributed by atoms with Gasteiger partial charge in [0.15, 0.2) is 0 Å². The van der Waals surface area contributed by atoms with E-state index in [4.69, 9.17) is 9.15 Å². The highest BCUT2D eigenvalue weighted by Crippen LogP contribution is 2.22. The zero-order valence-electron chi connectivity index (χ0n) is 12.0. The Morgan fingerprint density at radius 3 is 2.57 bits per heavy atom. The molecule has 1 saturated heterocycles. The third kappa shape index (κ3) is 3.93. The highest BCUT2D eigenvalue weighted by molar-refractivity contribution is 5.57. The average molecular weight is 289 g/mol. The van der Waals surface area contributed by atoms with Crippen LogP contribution < -0.4 is 5.32 Å². The van der Waals surface area contributed by atoms with Crippen LogP contribution in [-0.2, 0) is 11.3 Å². The van der Waals surface area contributed by atoms with Crippen molar-refractivity contribution in [3.8, 4) is 11.3 Å². The van der Waals surface area contributed by atoms with Crippen molar-refractivity contribution >= 4 is 0 Å². The van der Waals surface area contributed by atoms with Crippen molar-refractivity contribution in [1.29, 1.82) is 0 Å². The third-order valence-electron chi connectivity index (χ3n) is 3.86. The lowest BCUT2D eigenvalue weighted by Gasteiger charge is -2.21. The van der Waals surface area contributed by atoms with Crippen molar-refractivity contribution in [2.75, 3.05) is 19.8 Å². The minimum Gasteiger partial charge on any atom is -0.460 e. The van der Waals surface area contributed by atoms with Crippen molar-refractivity contribution < 1.29 is 13.5 Å². The summed E-state index contributed by atoms with van der Waals surface area (Å²) in [7, 11) is 0. The number of rotatable bonds is 5. The van der Waals surface area contributed by atoms with Crippen molar-refractivity contribution in [1.82, 2.24) is 5.32 Å². The summed E-state index contributed by atoms with van der Waals surface area (Å²) in [5.41, 5.74) is 0.895. The summed E-state index contributed by atoms with van der Waals surface area (Å²) in [6.45, 7) is 3.47. The summed E-state index contributed by atoms with van der Waals surface area (Å²) >= 11 is 0. The fourth-order valence-electron chi connectivity index (χ4n) is 2.59. The van der Waals surface area contributed by atoms with Crippen LogP contribution in [0.2, 0.25) is 0 Å². The maximum absolute atomic E-state index is 12.9. The summed E-state index contributed by atoms with van der Waals surface area (Å²) in [4.78, 5) is 0. The minimum absolute atomic E-state index is 0.233. The molecule has 112 valence electrons. The van der Waals surface area contributed by atoms with Gasteiger partial charge in [-0.2, -0.15) is 0 Å². The number of hydrogen-bond acceptors (Lipinski definition) is 3. The first-order valence-electron chi connectivity index (χ1n) is 7.44. The molecule has 1 aliphatic rings. The Balaban J connectivity index is 1.51. The van der Waals surface area contributed by atoms with Gasteiger partial charge < -0.3 is 14.5 Å². The van der Waals surface area contributed by atoms with Crippen LogP contribution in [0.5, 0.6) is 0 Å². The molecule has 1 aliphatic heterocycles. The summed E-state index contributed by atoms with van der Waals surface area (Å²) in [6, 6.07) is 10.2. The van der Waals surface area contributed by atoms with Gasteiger partial charge in [0, 0.05) is 18.8 Å². The molecule has 3 rings (SSSR count). The normalized spacial score (nSPS) is 16.2. The van der Waals surface area contributed by atoms with Gasteiger partial charge in [0.1, 0.15) is 17.3 Å². The topological polar surface area (TPSA) is 34.4 Å². The Morgan fingerprint density at radius 1 is 1.05 bits per heavy atom. The fraction of sp³-hybridized carbons (Fsp3) is 0.412. The molecule has 0 aliphatic carbocycles. The van der Waals surface area contributed by atoms with E-state index < -0.39 is 0 Å². The van der Waals surface area contributed by atoms with Gasteiger partial charge in [-0.25, -0.2) is 4.39 Å². The molecule has 0 spiro atoms. The molecule has 0 unspecified atom stereocenters. The summed E-state index contributed by atoms with van der Waals surface area (Å²) < 4.78 is 24.0. The van der Waals surface area contributed by atoms with Crippen LogP contribution in [0.25, 0.3) is 11.3 Å². The van der Waals surface area contributed by atoms with E-state index in [1.807, 2.05) is 12.1 Å². The molecule has 0 atom stereocenters. The molecule has 0 radical (unpaired) electrons. The zero-order valence-corrected chi connectivity index (χ0v) is 12.0. The number of hydrogen-bond donors (Lipinski definition) is 1. The lowest BCUT2D eigenvalue weighted by Crippen LogP contribution is -2.27. The molecule has 0 saturated carbocycles. The molecule has 1 fully saturated rings. The van der Waals surface area contributed by atoms with Crippen molar-refractivity contribution in [3.05, 3.63) is 48.0 Å². The Bertz CT molecular complexity index is 558. The number of ether oxygens (including phenoxy) is 1. The summed E-state index contributed by atoms with van der Waals surface area (Å²) in [5, 5.41) is 3.44. The molecule has 1 aromatic carbocycles. The van der Waals surface area contributed by atoms with Crippen LogP contribution in [0.4, 0.5) is 4.39 Å². The van der Waals surface area contributed by atoms with E-state index in [0.29, 0.717) is 5.92 Å². The van der Waals surface area contributed by atoms with Crippen LogP contribution in [0.15, 0.2) is 40.8 Å². The molecule has 0 bridgehead atoms. The standard InChI is InChI=1S/C17H20FNO2/c18-15-3-1-14(2-4-15)17-6-5-16(21-17)12-19-11-13-7-9-20-10-8-13/h1-6,13,19H,7-12H2. The first kappa shape index (κ1) is 14.3. The first-order valence-corrected chi connectivity index (χ1v) is 7.44. The highest BCUT2D eigenvalue weighted by Gasteiger charge is 2.13. The Labute approximate surface area is 124 Å². The fourth-order valence-corrected chi connectivity index (χ4v) is 2.59. The smallest absolute Gasteiger partial charge is 0.134 e. The van der Waals surface area contributed by atoms with E-state index in [1.165, 1.54) is 12.1 Å². The van der Waals surface area contributed by atoms with E-state index in [1.54, 1.807) is 12.1 Å². The van der Waals surface area contributed by atoms with Gasteiger partial charge in [0.05, 0.1) is 6.54 Å². The first-order chi connectivity index (χ1) is 10.3. The quantitative estimate of drug-likeness (QED) is 0.913. The minimum atomic E-state index is -0.233. The van der Waals surface area contributed by atoms with Crippen LogP contribution >= 0.6 is 0 Å². The lowest BCUT2D eigenvalue weighted by atomic mass is 10.0. The van der Waals surface area contributed by atoms with Gasteiger partial charge >= 0.3 is 0 Å². The summed E-state index contributed by atoms with van der Waals surface area (Å²) in [5.74, 6) is 2.15. The molecule has 1 N–H and O–H groups in total. The van der Waals surface area contributed by atoms with Gasteiger partial charge in [0.2, 0.25) is 0 Å². The van der Waals surface area contributed by atoms with Crippen molar-refractivity contribution in [2.45, 2.75) is 19.4 Å². The predicted molar refractivity (Wildman–Crippen MR) is 79.4 cm³/mol. The van der Waals surface area contributed by atoms with Crippen molar-refractivity contribution in [3.63, 3.8) is 0 Å². The van der Waals surface area contributed by atoms with Gasteiger partial charge in [-0.15, -0.1) is 0 Å². The molecular formula is C17H20FNO2. The molecule has 0 amide bonds. The van der Waals surface area contributed by atoms with Gasteiger partial charge in [-0.3, -0.25) is 0 Å². The summed E-state index contributed by atoms with van der Waals surface area (Å²) in [6.07, 6.45) is 2.26. The van der Waals surface area contributed by atoms with Crippen LogP contribution in [0, 0.1) is 11.7 Å². The molecule has 3 nitrogen and oxygen atoms in total.